The van der Waals surface area contributed by atoms with E-state index in [9.17, 15) is 4.79 Å². The lowest BCUT2D eigenvalue weighted by Gasteiger charge is -2.38. The Kier molecular flexibility index (Phi) is 4.61. The summed E-state index contributed by atoms with van der Waals surface area (Å²) >= 11 is 0. The summed E-state index contributed by atoms with van der Waals surface area (Å²) in [6.07, 6.45) is 2.01. The Labute approximate surface area is 154 Å². The maximum absolute atomic E-state index is 12.9. The van der Waals surface area contributed by atoms with E-state index in [1.807, 2.05) is 41.3 Å². The summed E-state index contributed by atoms with van der Waals surface area (Å²) in [6, 6.07) is 25.2. The van der Waals surface area contributed by atoms with E-state index in [0.717, 1.165) is 36.9 Å². The Hall–Kier alpha value is -2.81. The van der Waals surface area contributed by atoms with Gasteiger partial charge in [-0.3, -0.25) is 4.79 Å². The number of fused-ring (bicyclic) bond motifs is 1. The second-order valence-corrected chi connectivity index (χ2v) is 7.03. The molecule has 0 aromatic heterocycles. The minimum absolute atomic E-state index is 0.150. The van der Waals surface area contributed by atoms with Crippen molar-refractivity contribution in [3.05, 3.63) is 78.4 Å². The molecule has 0 atom stereocenters. The van der Waals surface area contributed by atoms with Gasteiger partial charge in [0, 0.05) is 37.4 Å². The molecule has 1 amide bonds. The van der Waals surface area contributed by atoms with E-state index in [4.69, 9.17) is 0 Å². The molecule has 1 fully saturated rings. The lowest BCUT2D eigenvalue weighted by atomic mass is 10.0. The zero-order valence-electron chi connectivity index (χ0n) is 15.1. The van der Waals surface area contributed by atoms with E-state index >= 15 is 0 Å². The monoisotopic (exact) mass is 344 g/mol. The number of hydrogen-bond donors (Lipinski definition) is 0. The van der Waals surface area contributed by atoms with Gasteiger partial charge in [0.05, 0.1) is 0 Å². The standard InChI is InChI=1S/C23H24N2O/c1-24(21-9-3-2-4-10-21)22-13-15-25(16-14-22)23(26)20-12-11-18-7-5-6-8-19(18)17-20/h2-12,17,22H,13-16H2,1H3. The molecular formula is C23H24N2O. The molecule has 3 nitrogen and oxygen atoms in total. The maximum atomic E-state index is 12.9. The normalized spacial score (nSPS) is 15.2. The van der Waals surface area contributed by atoms with Crippen LogP contribution < -0.4 is 4.90 Å². The van der Waals surface area contributed by atoms with Gasteiger partial charge < -0.3 is 9.80 Å². The Bertz CT molecular complexity index is 898. The zero-order valence-corrected chi connectivity index (χ0v) is 15.1. The van der Waals surface area contributed by atoms with E-state index in [1.165, 1.54) is 11.1 Å². The fourth-order valence-electron chi connectivity index (χ4n) is 3.84. The number of piperidine rings is 1. The third kappa shape index (κ3) is 3.30. The highest BCUT2D eigenvalue weighted by Crippen LogP contribution is 2.23. The Morgan fingerprint density at radius 1 is 0.885 bits per heavy atom. The summed E-state index contributed by atoms with van der Waals surface area (Å²) in [5, 5.41) is 2.30. The Morgan fingerprint density at radius 2 is 1.54 bits per heavy atom. The summed E-state index contributed by atoms with van der Waals surface area (Å²) in [5.74, 6) is 0.150. The highest BCUT2D eigenvalue weighted by molar-refractivity contribution is 5.98. The number of likely N-dealkylation sites (tertiary alicyclic amines) is 1. The largest absolute Gasteiger partial charge is 0.371 e. The number of amides is 1. The molecule has 1 aliphatic rings. The van der Waals surface area contributed by atoms with Crippen molar-refractivity contribution >= 4 is 22.4 Å². The molecule has 3 aromatic rings. The van der Waals surface area contributed by atoms with Gasteiger partial charge in [-0.2, -0.15) is 0 Å². The van der Waals surface area contributed by atoms with Gasteiger partial charge in [-0.05, 0) is 47.9 Å². The molecule has 1 aliphatic heterocycles. The van der Waals surface area contributed by atoms with Gasteiger partial charge in [0.25, 0.3) is 5.91 Å². The topological polar surface area (TPSA) is 23.6 Å². The SMILES string of the molecule is CN(c1ccccc1)C1CCN(C(=O)c2ccc3ccccc3c2)CC1. The fraction of sp³-hybridized carbons (Fsp3) is 0.261. The van der Waals surface area contributed by atoms with Crippen LogP contribution in [0.1, 0.15) is 23.2 Å². The highest BCUT2D eigenvalue weighted by atomic mass is 16.2. The molecule has 0 unspecified atom stereocenters. The van der Waals surface area contributed by atoms with Crippen LogP contribution in [0.4, 0.5) is 5.69 Å². The number of benzene rings is 3. The predicted octanol–water partition coefficient (Wildman–Crippen LogP) is 4.58. The third-order valence-electron chi connectivity index (χ3n) is 5.46. The van der Waals surface area contributed by atoms with Gasteiger partial charge in [0.15, 0.2) is 0 Å². The number of hydrogen-bond acceptors (Lipinski definition) is 2. The minimum Gasteiger partial charge on any atom is -0.371 e. The minimum atomic E-state index is 0.150. The molecule has 0 N–H and O–H groups in total. The van der Waals surface area contributed by atoms with Crippen molar-refractivity contribution < 1.29 is 4.79 Å². The van der Waals surface area contributed by atoms with Gasteiger partial charge in [0.2, 0.25) is 0 Å². The number of nitrogens with zero attached hydrogens (tertiary/aromatic N) is 2. The summed E-state index contributed by atoms with van der Waals surface area (Å²) in [5.41, 5.74) is 2.03. The van der Waals surface area contributed by atoms with Gasteiger partial charge in [-0.1, -0.05) is 48.5 Å². The van der Waals surface area contributed by atoms with Crippen molar-refractivity contribution in [3.8, 4) is 0 Å². The Morgan fingerprint density at radius 3 is 2.27 bits per heavy atom. The number of carbonyl (C=O) groups is 1. The lowest BCUT2D eigenvalue weighted by Crippen LogP contribution is -2.45. The van der Waals surface area contributed by atoms with Gasteiger partial charge >= 0.3 is 0 Å². The Balaban J connectivity index is 1.43. The van der Waals surface area contributed by atoms with Crippen molar-refractivity contribution in [2.45, 2.75) is 18.9 Å². The third-order valence-corrected chi connectivity index (χ3v) is 5.46. The number of rotatable bonds is 3. The molecule has 0 spiro atoms. The van der Waals surface area contributed by atoms with Crippen molar-refractivity contribution in [2.24, 2.45) is 0 Å². The molecule has 1 heterocycles. The van der Waals surface area contributed by atoms with Crippen molar-refractivity contribution in [2.75, 3.05) is 25.0 Å². The summed E-state index contributed by atoms with van der Waals surface area (Å²) in [4.78, 5) is 17.2. The molecule has 3 heteroatoms. The second kappa shape index (κ2) is 7.20. The summed E-state index contributed by atoms with van der Waals surface area (Å²) < 4.78 is 0. The molecule has 0 radical (unpaired) electrons. The van der Waals surface area contributed by atoms with E-state index in [0.29, 0.717) is 6.04 Å². The molecule has 4 rings (SSSR count). The maximum Gasteiger partial charge on any atom is 0.253 e. The quantitative estimate of drug-likeness (QED) is 0.694. The van der Waals surface area contributed by atoms with Crippen LogP contribution in [0.2, 0.25) is 0 Å². The molecule has 3 aromatic carbocycles. The van der Waals surface area contributed by atoms with Crippen LogP contribution in [0, 0.1) is 0 Å². The zero-order chi connectivity index (χ0) is 17.9. The first kappa shape index (κ1) is 16.6. The first-order valence-electron chi connectivity index (χ1n) is 9.28. The smallest absolute Gasteiger partial charge is 0.253 e. The predicted molar refractivity (Wildman–Crippen MR) is 108 cm³/mol. The molecule has 132 valence electrons. The van der Waals surface area contributed by atoms with Crippen molar-refractivity contribution in [1.29, 1.82) is 0 Å². The van der Waals surface area contributed by atoms with Crippen LogP contribution in [0.15, 0.2) is 72.8 Å². The number of carbonyl (C=O) groups excluding carboxylic acids is 1. The van der Waals surface area contributed by atoms with E-state index in [1.54, 1.807) is 0 Å². The first-order valence-corrected chi connectivity index (χ1v) is 9.28. The highest BCUT2D eigenvalue weighted by Gasteiger charge is 2.26. The van der Waals surface area contributed by atoms with Crippen LogP contribution in [0.25, 0.3) is 10.8 Å². The molecule has 0 aliphatic carbocycles. The second-order valence-electron chi connectivity index (χ2n) is 7.03. The van der Waals surface area contributed by atoms with Crippen LogP contribution in [-0.2, 0) is 0 Å². The lowest BCUT2D eigenvalue weighted by molar-refractivity contribution is 0.0713. The van der Waals surface area contributed by atoms with Crippen LogP contribution in [0.5, 0.6) is 0 Å². The number of anilines is 1. The molecule has 1 saturated heterocycles. The summed E-state index contributed by atoms with van der Waals surface area (Å²) in [6.45, 7) is 1.63. The summed E-state index contributed by atoms with van der Waals surface area (Å²) in [7, 11) is 2.15. The van der Waals surface area contributed by atoms with E-state index in [2.05, 4.69) is 48.3 Å². The van der Waals surface area contributed by atoms with Crippen LogP contribution in [-0.4, -0.2) is 37.0 Å². The number of para-hydroxylation sites is 1. The van der Waals surface area contributed by atoms with E-state index in [-0.39, 0.29) is 5.91 Å². The molecule has 0 bridgehead atoms. The average molecular weight is 344 g/mol. The molecule has 26 heavy (non-hydrogen) atoms. The van der Waals surface area contributed by atoms with E-state index < -0.39 is 0 Å². The fourth-order valence-corrected chi connectivity index (χ4v) is 3.84. The van der Waals surface area contributed by atoms with Crippen LogP contribution in [0.3, 0.4) is 0 Å². The van der Waals surface area contributed by atoms with Gasteiger partial charge in [-0.15, -0.1) is 0 Å². The average Bonchev–Trinajstić information content (AvgIpc) is 2.73. The van der Waals surface area contributed by atoms with Gasteiger partial charge in [-0.25, -0.2) is 0 Å². The molecular weight excluding hydrogens is 320 g/mol. The van der Waals surface area contributed by atoms with Gasteiger partial charge in [0.1, 0.15) is 0 Å². The van der Waals surface area contributed by atoms with Crippen molar-refractivity contribution in [3.63, 3.8) is 0 Å². The van der Waals surface area contributed by atoms with Crippen LogP contribution >= 0.6 is 0 Å². The van der Waals surface area contributed by atoms with Crippen molar-refractivity contribution in [1.82, 2.24) is 4.90 Å². The first-order chi connectivity index (χ1) is 12.7. The molecule has 0 saturated carbocycles.